The van der Waals surface area contributed by atoms with Crippen LogP contribution in [-0.2, 0) is 4.79 Å². The summed E-state index contributed by atoms with van der Waals surface area (Å²) < 4.78 is 17.0. The predicted molar refractivity (Wildman–Crippen MR) is 130 cm³/mol. The van der Waals surface area contributed by atoms with Crippen LogP contribution in [0.2, 0.25) is 10.0 Å². The van der Waals surface area contributed by atoms with E-state index in [2.05, 4.69) is 5.32 Å². The number of halogens is 2. The minimum Gasteiger partial charge on any atom is -0.494 e. The topological polar surface area (TPSA) is 77.8 Å². The maximum atomic E-state index is 13.2. The zero-order chi connectivity index (χ0) is 23.4. The SMILES string of the molecule is CCOc1ccc(NC(=O)COc2c(-c3ccccc3Cl)oc3ccc(Cl)cc3c2=O)cc1. The summed E-state index contributed by atoms with van der Waals surface area (Å²) in [6.45, 7) is 2.02. The van der Waals surface area contributed by atoms with Crippen LogP contribution >= 0.6 is 23.2 Å². The second-order valence-electron chi connectivity index (χ2n) is 7.00. The van der Waals surface area contributed by atoms with Crippen molar-refractivity contribution in [3.8, 4) is 22.8 Å². The second-order valence-corrected chi connectivity index (χ2v) is 7.85. The van der Waals surface area contributed by atoms with Gasteiger partial charge in [0.15, 0.2) is 12.4 Å². The average Bonchev–Trinajstić information content (AvgIpc) is 2.80. The van der Waals surface area contributed by atoms with Crippen molar-refractivity contribution in [1.29, 1.82) is 0 Å². The van der Waals surface area contributed by atoms with Gasteiger partial charge < -0.3 is 19.2 Å². The lowest BCUT2D eigenvalue weighted by molar-refractivity contribution is -0.118. The van der Waals surface area contributed by atoms with Gasteiger partial charge in [-0.15, -0.1) is 0 Å². The Morgan fingerprint density at radius 3 is 2.48 bits per heavy atom. The van der Waals surface area contributed by atoms with Gasteiger partial charge in [0, 0.05) is 16.3 Å². The molecule has 0 saturated carbocycles. The van der Waals surface area contributed by atoms with E-state index in [1.807, 2.05) is 6.92 Å². The Balaban J connectivity index is 1.64. The number of benzene rings is 3. The van der Waals surface area contributed by atoms with Crippen LogP contribution in [0.5, 0.6) is 11.5 Å². The van der Waals surface area contributed by atoms with Gasteiger partial charge in [-0.1, -0.05) is 35.3 Å². The van der Waals surface area contributed by atoms with E-state index in [4.69, 9.17) is 37.1 Å². The molecular formula is C25H19Cl2NO5. The maximum absolute atomic E-state index is 13.2. The van der Waals surface area contributed by atoms with Gasteiger partial charge in [0.05, 0.1) is 17.0 Å². The lowest BCUT2D eigenvalue weighted by Crippen LogP contribution is -2.22. The van der Waals surface area contributed by atoms with Gasteiger partial charge in [0.2, 0.25) is 11.2 Å². The summed E-state index contributed by atoms with van der Waals surface area (Å²) in [5.74, 6) is 0.257. The van der Waals surface area contributed by atoms with Crippen LogP contribution in [0.4, 0.5) is 5.69 Å². The molecule has 4 aromatic rings. The lowest BCUT2D eigenvalue weighted by Gasteiger charge is -2.13. The molecule has 1 aromatic heterocycles. The minimum atomic E-state index is -0.456. The molecule has 0 aliphatic carbocycles. The van der Waals surface area contributed by atoms with E-state index >= 15 is 0 Å². The fourth-order valence-corrected chi connectivity index (χ4v) is 3.63. The second kappa shape index (κ2) is 9.98. The van der Waals surface area contributed by atoms with Crippen molar-refractivity contribution in [3.63, 3.8) is 0 Å². The maximum Gasteiger partial charge on any atom is 0.262 e. The monoisotopic (exact) mass is 483 g/mol. The van der Waals surface area contributed by atoms with E-state index < -0.39 is 17.9 Å². The van der Waals surface area contributed by atoms with E-state index in [9.17, 15) is 9.59 Å². The molecule has 0 bridgehead atoms. The molecule has 0 aliphatic rings. The molecule has 0 radical (unpaired) electrons. The summed E-state index contributed by atoms with van der Waals surface area (Å²) in [6.07, 6.45) is 0. The van der Waals surface area contributed by atoms with E-state index in [-0.39, 0.29) is 16.9 Å². The van der Waals surface area contributed by atoms with Gasteiger partial charge in [0.25, 0.3) is 5.91 Å². The third kappa shape index (κ3) is 5.13. The van der Waals surface area contributed by atoms with Gasteiger partial charge in [-0.3, -0.25) is 9.59 Å². The van der Waals surface area contributed by atoms with Gasteiger partial charge in [-0.2, -0.15) is 0 Å². The smallest absolute Gasteiger partial charge is 0.262 e. The molecule has 0 saturated heterocycles. The van der Waals surface area contributed by atoms with Crippen LogP contribution in [0, 0.1) is 0 Å². The summed E-state index contributed by atoms with van der Waals surface area (Å²) in [7, 11) is 0. The van der Waals surface area contributed by atoms with Crippen LogP contribution in [0.25, 0.3) is 22.3 Å². The minimum absolute atomic E-state index is 0.125. The lowest BCUT2D eigenvalue weighted by atomic mass is 10.1. The number of carbonyl (C=O) groups is 1. The van der Waals surface area contributed by atoms with Gasteiger partial charge in [-0.25, -0.2) is 0 Å². The highest BCUT2D eigenvalue weighted by Crippen LogP contribution is 2.35. The zero-order valence-corrected chi connectivity index (χ0v) is 19.1. The molecular weight excluding hydrogens is 465 g/mol. The van der Waals surface area contributed by atoms with Crippen molar-refractivity contribution in [2.24, 2.45) is 0 Å². The van der Waals surface area contributed by atoms with Crippen LogP contribution < -0.4 is 20.2 Å². The van der Waals surface area contributed by atoms with Crippen molar-refractivity contribution >= 4 is 45.8 Å². The number of carbonyl (C=O) groups excluding carboxylic acids is 1. The first-order valence-electron chi connectivity index (χ1n) is 10.1. The number of hydrogen-bond acceptors (Lipinski definition) is 5. The highest BCUT2D eigenvalue weighted by atomic mass is 35.5. The van der Waals surface area contributed by atoms with Crippen LogP contribution in [0.3, 0.4) is 0 Å². The Bertz CT molecular complexity index is 1370. The summed E-state index contributed by atoms with van der Waals surface area (Å²) in [6, 6.07) is 18.5. The predicted octanol–water partition coefficient (Wildman–Crippen LogP) is 6.18. The van der Waals surface area contributed by atoms with E-state index in [0.717, 1.165) is 0 Å². The molecule has 0 aliphatic heterocycles. The highest BCUT2D eigenvalue weighted by molar-refractivity contribution is 6.33. The largest absolute Gasteiger partial charge is 0.494 e. The molecule has 168 valence electrons. The Morgan fingerprint density at radius 1 is 1.00 bits per heavy atom. The molecule has 1 amide bonds. The Kier molecular flexibility index (Phi) is 6.87. The van der Waals surface area contributed by atoms with Crippen LogP contribution in [-0.4, -0.2) is 19.1 Å². The molecule has 0 unspecified atom stereocenters. The molecule has 33 heavy (non-hydrogen) atoms. The number of nitrogens with one attached hydrogen (secondary N) is 1. The molecule has 0 fully saturated rings. The molecule has 4 rings (SSSR count). The Hall–Kier alpha value is -3.48. The van der Waals surface area contributed by atoms with E-state index in [1.165, 1.54) is 6.07 Å². The molecule has 0 atom stereocenters. The molecule has 1 heterocycles. The fraction of sp³-hybridized carbons (Fsp3) is 0.120. The Morgan fingerprint density at radius 2 is 1.76 bits per heavy atom. The van der Waals surface area contributed by atoms with E-state index in [0.29, 0.717) is 39.2 Å². The average molecular weight is 484 g/mol. The first kappa shape index (κ1) is 22.7. The highest BCUT2D eigenvalue weighted by Gasteiger charge is 2.21. The number of amides is 1. The van der Waals surface area contributed by atoms with Crippen LogP contribution in [0.15, 0.2) is 75.9 Å². The van der Waals surface area contributed by atoms with Crippen LogP contribution in [0.1, 0.15) is 6.92 Å². The van der Waals surface area contributed by atoms with Crippen molar-refractivity contribution < 1.29 is 18.7 Å². The summed E-state index contributed by atoms with van der Waals surface area (Å²) in [5, 5.41) is 3.70. The molecule has 6 nitrogen and oxygen atoms in total. The van der Waals surface area contributed by atoms with E-state index in [1.54, 1.807) is 60.7 Å². The first-order chi connectivity index (χ1) is 16.0. The van der Waals surface area contributed by atoms with Gasteiger partial charge in [0.1, 0.15) is 11.3 Å². The van der Waals surface area contributed by atoms with Crippen molar-refractivity contribution in [3.05, 3.63) is 87.0 Å². The third-order valence-electron chi connectivity index (χ3n) is 4.73. The summed E-state index contributed by atoms with van der Waals surface area (Å²) in [5.41, 5.74) is 0.902. The number of rotatable bonds is 7. The van der Waals surface area contributed by atoms with Crippen molar-refractivity contribution in [1.82, 2.24) is 0 Å². The van der Waals surface area contributed by atoms with Crippen molar-refractivity contribution in [2.75, 3.05) is 18.5 Å². The molecule has 0 spiro atoms. The molecule has 1 N–H and O–H groups in total. The van der Waals surface area contributed by atoms with Crippen molar-refractivity contribution in [2.45, 2.75) is 6.92 Å². The molecule has 3 aromatic carbocycles. The number of hydrogen-bond donors (Lipinski definition) is 1. The number of fused-ring (bicyclic) bond motifs is 1. The summed E-state index contributed by atoms with van der Waals surface area (Å²) in [4.78, 5) is 25.7. The normalized spacial score (nSPS) is 10.8. The number of anilines is 1. The standard InChI is InChI=1S/C25H19Cl2NO5/c1-2-31-17-10-8-16(9-11-17)28-22(29)14-32-25-23(30)19-13-15(26)7-12-21(19)33-24(25)18-5-3-4-6-20(18)27/h3-13H,2,14H2,1H3,(H,28,29). The fourth-order valence-electron chi connectivity index (χ4n) is 3.24. The number of ether oxygens (including phenoxy) is 2. The zero-order valence-electron chi connectivity index (χ0n) is 17.6. The Labute approximate surface area is 199 Å². The molecule has 8 heteroatoms. The van der Waals surface area contributed by atoms with Gasteiger partial charge in [-0.05, 0) is 61.5 Å². The van der Waals surface area contributed by atoms with Gasteiger partial charge >= 0.3 is 0 Å². The summed E-state index contributed by atoms with van der Waals surface area (Å²) >= 11 is 12.4. The first-order valence-corrected chi connectivity index (χ1v) is 10.9. The quantitative estimate of drug-likeness (QED) is 0.339. The third-order valence-corrected chi connectivity index (χ3v) is 5.29.